The molecule has 0 saturated heterocycles. The van der Waals surface area contributed by atoms with E-state index in [0.29, 0.717) is 5.69 Å². The number of hydrogen-bond donors (Lipinski definition) is 0. The van der Waals surface area contributed by atoms with Crippen LogP contribution in [0.2, 0.25) is 0 Å². The molecule has 4 heteroatoms. The monoisotopic (exact) mass is 342 g/mol. The zero-order valence-corrected chi connectivity index (χ0v) is 13.3. The van der Waals surface area contributed by atoms with Crippen molar-refractivity contribution in [3.63, 3.8) is 0 Å². The average molecular weight is 343 g/mol. The summed E-state index contributed by atoms with van der Waals surface area (Å²) in [4.78, 5) is 15.6. The van der Waals surface area contributed by atoms with Gasteiger partial charge in [-0.15, -0.1) is 0 Å². The van der Waals surface area contributed by atoms with E-state index in [0.717, 1.165) is 35.1 Å². The molecule has 0 spiro atoms. The minimum absolute atomic E-state index is 0.496. The number of aryl methyl sites for hydroxylation is 3. The van der Waals surface area contributed by atoms with Crippen molar-refractivity contribution in [1.29, 1.82) is 0 Å². The summed E-state index contributed by atoms with van der Waals surface area (Å²) < 4.78 is 2.92. The molecule has 3 aromatic rings. The lowest BCUT2D eigenvalue weighted by atomic mass is 10.1. The smallest absolute Gasteiger partial charge is 0.170 e. The molecule has 0 aliphatic heterocycles. The summed E-state index contributed by atoms with van der Waals surface area (Å²) in [6.45, 7) is 2.09. The maximum absolute atomic E-state index is 11.2. The van der Waals surface area contributed by atoms with Crippen molar-refractivity contribution in [2.24, 2.45) is 0 Å². The maximum atomic E-state index is 11.2. The predicted molar refractivity (Wildman–Crippen MR) is 86.9 cm³/mol. The van der Waals surface area contributed by atoms with Crippen molar-refractivity contribution in [1.82, 2.24) is 9.38 Å². The number of halogens is 1. The second kappa shape index (κ2) is 5.82. The number of pyridine rings is 1. The summed E-state index contributed by atoms with van der Waals surface area (Å²) in [5.41, 5.74) is 3.89. The van der Waals surface area contributed by atoms with E-state index >= 15 is 0 Å². The van der Waals surface area contributed by atoms with Gasteiger partial charge in [-0.25, -0.2) is 4.98 Å². The molecule has 0 radical (unpaired) electrons. The Bertz CT molecular complexity index is 808. The van der Waals surface area contributed by atoms with Gasteiger partial charge in [0.25, 0.3) is 0 Å². The van der Waals surface area contributed by atoms with Gasteiger partial charge < -0.3 is 0 Å². The molecule has 2 aromatic heterocycles. The Labute approximate surface area is 131 Å². The average Bonchev–Trinajstić information content (AvgIpc) is 2.85. The van der Waals surface area contributed by atoms with Gasteiger partial charge in [-0.05, 0) is 47.0 Å². The van der Waals surface area contributed by atoms with Crippen LogP contribution in [0.4, 0.5) is 0 Å². The van der Waals surface area contributed by atoms with Gasteiger partial charge in [0.2, 0.25) is 0 Å². The SMILES string of the molecule is Cc1cccc(CCc2nc(C=O)c3cccc(Br)n23)c1. The zero-order valence-electron chi connectivity index (χ0n) is 11.7. The molecule has 0 aliphatic rings. The molecule has 0 aliphatic carbocycles. The number of aldehydes is 1. The van der Waals surface area contributed by atoms with Crippen LogP contribution in [-0.2, 0) is 12.8 Å². The minimum atomic E-state index is 0.496. The molecule has 3 nitrogen and oxygen atoms in total. The van der Waals surface area contributed by atoms with Crippen molar-refractivity contribution in [3.8, 4) is 0 Å². The van der Waals surface area contributed by atoms with E-state index in [9.17, 15) is 4.79 Å². The fraction of sp³-hybridized carbons (Fsp3) is 0.176. The van der Waals surface area contributed by atoms with E-state index < -0.39 is 0 Å². The van der Waals surface area contributed by atoms with Crippen molar-refractivity contribution in [2.75, 3.05) is 0 Å². The lowest BCUT2D eigenvalue weighted by Gasteiger charge is -2.05. The van der Waals surface area contributed by atoms with Crippen LogP contribution in [0.3, 0.4) is 0 Å². The molecule has 0 bridgehead atoms. The molecule has 2 heterocycles. The quantitative estimate of drug-likeness (QED) is 0.530. The van der Waals surface area contributed by atoms with E-state index in [1.54, 1.807) is 0 Å². The highest BCUT2D eigenvalue weighted by atomic mass is 79.9. The first-order valence-corrected chi connectivity index (χ1v) is 7.65. The van der Waals surface area contributed by atoms with Gasteiger partial charge in [-0.2, -0.15) is 0 Å². The number of rotatable bonds is 4. The number of aromatic nitrogens is 2. The van der Waals surface area contributed by atoms with Crippen LogP contribution in [0.25, 0.3) is 5.52 Å². The molecule has 3 rings (SSSR count). The lowest BCUT2D eigenvalue weighted by molar-refractivity contribution is 0.112. The molecule has 106 valence electrons. The first-order valence-electron chi connectivity index (χ1n) is 6.85. The largest absolute Gasteiger partial charge is 0.296 e. The second-order valence-electron chi connectivity index (χ2n) is 5.09. The Morgan fingerprint density at radius 1 is 1.19 bits per heavy atom. The second-order valence-corrected chi connectivity index (χ2v) is 5.90. The molecule has 0 saturated carbocycles. The molecular weight excluding hydrogens is 328 g/mol. The van der Waals surface area contributed by atoms with Gasteiger partial charge in [0.15, 0.2) is 6.29 Å². The van der Waals surface area contributed by atoms with E-state index in [-0.39, 0.29) is 0 Å². The van der Waals surface area contributed by atoms with Crippen molar-refractivity contribution in [2.45, 2.75) is 19.8 Å². The van der Waals surface area contributed by atoms with E-state index in [1.807, 2.05) is 22.6 Å². The maximum Gasteiger partial charge on any atom is 0.170 e. The van der Waals surface area contributed by atoms with Gasteiger partial charge in [0, 0.05) is 6.42 Å². The van der Waals surface area contributed by atoms with Gasteiger partial charge in [0.05, 0.1) is 10.1 Å². The van der Waals surface area contributed by atoms with Gasteiger partial charge in [0.1, 0.15) is 11.5 Å². The highest BCUT2D eigenvalue weighted by molar-refractivity contribution is 9.10. The fourth-order valence-corrected chi connectivity index (χ4v) is 3.12. The summed E-state index contributed by atoms with van der Waals surface area (Å²) in [7, 11) is 0. The zero-order chi connectivity index (χ0) is 14.8. The summed E-state index contributed by atoms with van der Waals surface area (Å²) in [6, 6.07) is 14.3. The molecule has 0 unspecified atom stereocenters. The summed E-state index contributed by atoms with van der Waals surface area (Å²) in [5.74, 6) is 0.904. The number of hydrogen-bond acceptors (Lipinski definition) is 2. The topological polar surface area (TPSA) is 34.4 Å². The van der Waals surface area contributed by atoms with E-state index in [2.05, 4.69) is 52.1 Å². The number of fused-ring (bicyclic) bond motifs is 1. The molecule has 1 aromatic carbocycles. The lowest BCUT2D eigenvalue weighted by Crippen LogP contribution is -1.99. The number of nitrogens with zero attached hydrogens (tertiary/aromatic N) is 2. The first-order chi connectivity index (χ1) is 10.2. The number of benzene rings is 1. The highest BCUT2D eigenvalue weighted by Crippen LogP contribution is 2.20. The molecule has 0 atom stereocenters. The van der Waals surface area contributed by atoms with Crippen LogP contribution in [0.5, 0.6) is 0 Å². The van der Waals surface area contributed by atoms with Crippen LogP contribution < -0.4 is 0 Å². The van der Waals surface area contributed by atoms with E-state index in [1.165, 1.54) is 11.1 Å². The summed E-state index contributed by atoms with van der Waals surface area (Å²) in [6.07, 6.45) is 2.51. The van der Waals surface area contributed by atoms with Crippen LogP contribution in [0.1, 0.15) is 27.4 Å². The third-order valence-electron chi connectivity index (χ3n) is 3.54. The molecule has 0 amide bonds. The number of carbonyl (C=O) groups is 1. The Morgan fingerprint density at radius 2 is 2.00 bits per heavy atom. The van der Waals surface area contributed by atoms with E-state index in [4.69, 9.17) is 0 Å². The van der Waals surface area contributed by atoms with Gasteiger partial charge >= 0.3 is 0 Å². The van der Waals surface area contributed by atoms with Crippen LogP contribution in [-0.4, -0.2) is 15.7 Å². The number of carbonyl (C=O) groups excluding carboxylic acids is 1. The fourth-order valence-electron chi connectivity index (χ4n) is 2.57. The van der Waals surface area contributed by atoms with Crippen LogP contribution >= 0.6 is 15.9 Å². The van der Waals surface area contributed by atoms with Gasteiger partial charge in [-0.3, -0.25) is 9.20 Å². The molecule has 21 heavy (non-hydrogen) atoms. The highest BCUT2D eigenvalue weighted by Gasteiger charge is 2.12. The normalized spacial score (nSPS) is 11.0. The van der Waals surface area contributed by atoms with Crippen LogP contribution in [0.15, 0.2) is 47.1 Å². The van der Waals surface area contributed by atoms with Crippen molar-refractivity contribution >= 4 is 27.7 Å². The Morgan fingerprint density at radius 3 is 2.76 bits per heavy atom. The predicted octanol–water partition coefficient (Wildman–Crippen LogP) is 4.00. The van der Waals surface area contributed by atoms with Gasteiger partial charge in [-0.1, -0.05) is 35.9 Å². The third-order valence-corrected chi connectivity index (χ3v) is 4.16. The Hall–Kier alpha value is -1.94. The molecule has 0 N–H and O–H groups in total. The third kappa shape index (κ3) is 2.76. The van der Waals surface area contributed by atoms with Crippen molar-refractivity contribution < 1.29 is 4.79 Å². The minimum Gasteiger partial charge on any atom is -0.296 e. The number of imidazole rings is 1. The summed E-state index contributed by atoms with van der Waals surface area (Å²) >= 11 is 3.54. The Kier molecular flexibility index (Phi) is 3.88. The molecule has 0 fully saturated rings. The standard InChI is InChI=1S/C17H15BrN2O/c1-12-4-2-5-13(10-12)8-9-17-19-14(11-21)15-6-3-7-16(18)20(15)17/h2-7,10-11H,8-9H2,1H3. The summed E-state index contributed by atoms with van der Waals surface area (Å²) in [5, 5.41) is 0. The van der Waals surface area contributed by atoms with Crippen molar-refractivity contribution in [3.05, 3.63) is 69.7 Å². The van der Waals surface area contributed by atoms with Crippen LogP contribution in [0, 0.1) is 6.92 Å². The first kappa shape index (κ1) is 14.0. The molecular formula is C17H15BrN2O. The Balaban J connectivity index is 1.95.